The minimum Gasteiger partial charge on any atom is -0.481 e. The van der Waals surface area contributed by atoms with E-state index in [2.05, 4.69) is 18.7 Å². The Kier molecular flexibility index (Phi) is 4.31. The lowest BCUT2D eigenvalue weighted by molar-refractivity contribution is -0.137. The van der Waals surface area contributed by atoms with Crippen molar-refractivity contribution in [3.63, 3.8) is 0 Å². The van der Waals surface area contributed by atoms with Crippen LogP contribution in [0.1, 0.15) is 58.8 Å². The fourth-order valence-corrected chi connectivity index (χ4v) is 3.86. The van der Waals surface area contributed by atoms with Crippen LogP contribution in [0.3, 0.4) is 0 Å². The predicted molar refractivity (Wildman–Crippen MR) is 72.6 cm³/mol. The molecule has 3 nitrogen and oxygen atoms in total. The lowest BCUT2D eigenvalue weighted by Gasteiger charge is -2.44. The Morgan fingerprint density at radius 3 is 2.78 bits per heavy atom. The van der Waals surface area contributed by atoms with Crippen LogP contribution in [-0.4, -0.2) is 35.1 Å². The van der Waals surface area contributed by atoms with E-state index >= 15 is 0 Å². The molecule has 1 N–H and O–H groups in total. The van der Waals surface area contributed by atoms with Gasteiger partial charge in [0.15, 0.2) is 0 Å². The van der Waals surface area contributed by atoms with Gasteiger partial charge in [-0.1, -0.05) is 26.7 Å². The minimum atomic E-state index is -0.647. The first-order valence-corrected chi connectivity index (χ1v) is 7.45. The maximum absolute atomic E-state index is 10.6. The molecule has 2 unspecified atom stereocenters. The van der Waals surface area contributed by atoms with Crippen molar-refractivity contribution < 1.29 is 9.90 Å². The Bertz CT molecular complexity index is 301. The molecule has 0 aromatic carbocycles. The van der Waals surface area contributed by atoms with Gasteiger partial charge in [0.2, 0.25) is 0 Å². The van der Waals surface area contributed by atoms with Gasteiger partial charge in [0.25, 0.3) is 0 Å². The second-order valence-electron chi connectivity index (χ2n) is 6.83. The maximum atomic E-state index is 10.6. The van der Waals surface area contributed by atoms with E-state index in [4.69, 9.17) is 5.11 Å². The molecule has 3 heteroatoms. The summed E-state index contributed by atoms with van der Waals surface area (Å²) in [5.41, 5.74) is 0.444. The molecule has 104 valence electrons. The predicted octanol–water partition coefficient (Wildman–Crippen LogP) is 3.14. The highest BCUT2D eigenvalue weighted by atomic mass is 16.4. The molecule has 2 atom stereocenters. The number of carbonyl (C=O) groups is 1. The molecule has 2 rings (SSSR count). The third kappa shape index (κ3) is 3.25. The van der Waals surface area contributed by atoms with Gasteiger partial charge in [0.1, 0.15) is 0 Å². The lowest BCUT2D eigenvalue weighted by atomic mass is 9.72. The molecule has 1 saturated heterocycles. The van der Waals surface area contributed by atoms with Gasteiger partial charge in [-0.2, -0.15) is 0 Å². The van der Waals surface area contributed by atoms with Gasteiger partial charge in [-0.3, -0.25) is 9.69 Å². The van der Waals surface area contributed by atoms with Crippen molar-refractivity contribution in [2.75, 3.05) is 13.1 Å². The van der Waals surface area contributed by atoms with E-state index in [-0.39, 0.29) is 0 Å². The van der Waals surface area contributed by atoms with Gasteiger partial charge in [-0.25, -0.2) is 0 Å². The number of rotatable bonds is 4. The standard InChI is InChI=1S/C15H27NO2/c1-15(2)9-4-3-5-13(15)16-10-8-12(11-16)6-7-14(17)18/h12-13H,3-11H2,1-2H3,(H,17,18). The van der Waals surface area contributed by atoms with Crippen LogP contribution in [0.15, 0.2) is 0 Å². The Labute approximate surface area is 111 Å². The number of nitrogens with zero attached hydrogens (tertiary/aromatic N) is 1. The zero-order valence-corrected chi connectivity index (χ0v) is 11.8. The van der Waals surface area contributed by atoms with Crippen molar-refractivity contribution >= 4 is 5.97 Å². The summed E-state index contributed by atoms with van der Waals surface area (Å²) in [4.78, 5) is 13.3. The molecule has 0 radical (unpaired) electrons. The Hall–Kier alpha value is -0.570. The number of aliphatic carboxylic acids is 1. The van der Waals surface area contributed by atoms with Gasteiger partial charge >= 0.3 is 5.97 Å². The minimum absolute atomic E-state index is 0.340. The van der Waals surface area contributed by atoms with Crippen LogP contribution in [0.4, 0.5) is 0 Å². The second kappa shape index (κ2) is 5.60. The first-order valence-electron chi connectivity index (χ1n) is 7.45. The zero-order valence-electron chi connectivity index (χ0n) is 11.8. The summed E-state index contributed by atoms with van der Waals surface area (Å²) in [5, 5.41) is 8.76. The maximum Gasteiger partial charge on any atom is 0.303 e. The summed E-state index contributed by atoms with van der Waals surface area (Å²) < 4.78 is 0. The zero-order chi connectivity index (χ0) is 13.2. The van der Waals surface area contributed by atoms with Crippen LogP contribution in [0.2, 0.25) is 0 Å². The van der Waals surface area contributed by atoms with E-state index in [1.54, 1.807) is 0 Å². The van der Waals surface area contributed by atoms with E-state index in [0.717, 1.165) is 19.0 Å². The van der Waals surface area contributed by atoms with Gasteiger partial charge in [-0.05, 0) is 43.6 Å². The number of likely N-dealkylation sites (tertiary alicyclic amines) is 1. The lowest BCUT2D eigenvalue weighted by Crippen LogP contribution is -2.46. The molecular weight excluding hydrogens is 226 g/mol. The van der Waals surface area contributed by atoms with E-state index in [1.165, 1.54) is 38.6 Å². The van der Waals surface area contributed by atoms with E-state index in [9.17, 15) is 4.79 Å². The van der Waals surface area contributed by atoms with Gasteiger partial charge < -0.3 is 5.11 Å². The highest BCUT2D eigenvalue weighted by Crippen LogP contribution is 2.40. The third-order valence-electron chi connectivity index (χ3n) is 4.98. The molecule has 1 aliphatic heterocycles. The average Bonchev–Trinajstić information content (AvgIpc) is 2.74. The molecule has 0 aromatic heterocycles. The smallest absolute Gasteiger partial charge is 0.303 e. The Morgan fingerprint density at radius 2 is 2.11 bits per heavy atom. The van der Waals surface area contributed by atoms with Crippen molar-refractivity contribution in [2.24, 2.45) is 11.3 Å². The monoisotopic (exact) mass is 253 g/mol. The van der Waals surface area contributed by atoms with Crippen LogP contribution in [0, 0.1) is 11.3 Å². The molecular formula is C15H27NO2. The number of hydrogen-bond acceptors (Lipinski definition) is 2. The Balaban J connectivity index is 1.85. The summed E-state index contributed by atoms with van der Waals surface area (Å²) in [7, 11) is 0. The molecule has 1 aliphatic carbocycles. The van der Waals surface area contributed by atoms with Crippen molar-refractivity contribution in [2.45, 2.75) is 64.8 Å². The summed E-state index contributed by atoms with van der Waals surface area (Å²) in [6.45, 7) is 7.11. The summed E-state index contributed by atoms with van der Waals surface area (Å²) >= 11 is 0. The van der Waals surface area contributed by atoms with Crippen LogP contribution >= 0.6 is 0 Å². The molecule has 2 fully saturated rings. The van der Waals surface area contributed by atoms with Gasteiger partial charge in [-0.15, -0.1) is 0 Å². The van der Waals surface area contributed by atoms with Crippen LogP contribution in [-0.2, 0) is 4.79 Å². The normalized spacial score (nSPS) is 32.6. The molecule has 0 spiro atoms. The first-order chi connectivity index (χ1) is 8.49. The van der Waals surface area contributed by atoms with Gasteiger partial charge in [0.05, 0.1) is 0 Å². The van der Waals surface area contributed by atoms with Crippen molar-refractivity contribution in [3.8, 4) is 0 Å². The van der Waals surface area contributed by atoms with Crippen molar-refractivity contribution in [3.05, 3.63) is 0 Å². The fraction of sp³-hybridized carbons (Fsp3) is 0.933. The quantitative estimate of drug-likeness (QED) is 0.836. The van der Waals surface area contributed by atoms with Gasteiger partial charge in [0, 0.05) is 19.0 Å². The molecule has 0 aromatic rings. The molecule has 2 aliphatic rings. The van der Waals surface area contributed by atoms with E-state index in [0.29, 0.717) is 17.8 Å². The second-order valence-corrected chi connectivity index (χ2v) is 6.83. The molecule has 1 saturated carbocycles. The summed E-state index contributed by atoms with van der Waals surface area (Å²) in [6, 6.07) is 0.723. The first kappa shape index (κ1) is 13.9. The number of carboxylic acid groups (broad SMARTS) is 1. The molecule has 18 heavy (non-hydrogen) atoms. The average molecular weight is 253 g/mol. The highest BCUT2D eigenvalue weighted by Gasteiger charge is 2.38. The Morgan fingerprint density at radius 1 is 1.33 bits per heavy atom. The van der Waals surface area contributed by atoms with Crippen LogP contribution in [0.5, 0.6) is 0 Å². The molecule has 1 heterocycles. The van der Waals surface area contributed by atoms with E-state index < -0.39 is 5.97 Å². The molecule has 0 bridgehead atoms. The summed E-state index contributed by atoms with van der Waals surface area (Å²) in [5.74, 6) is -0.0368. The fourth-order valence-electron chi connectivity index (χ4n) is 3.86. The van der Waals surface area contributed by atoms with Crippen LogP contribution in [0.25, 0.3) is 0 Å². The van der Waals surface area contributed by atoms with Crippen LogP contribution < -0.4 is 0 Å². The van der Waals surface area contributed by atoms with Crippen molar-refractivity contribution in [1.82, 2.24) is 4.90 Å². The SMILES string of the molecule is CC1(C)CCCCC1N1CCC(CCC(=O)O)C1. The van der Waals surface area contributed by atoms with E-state index in [1.807, 2.05) is 0 Å². The molecule has 0 amide bonds. The third-order valence-corrected chi connectivity index (χ3v) is 4.98. The van der Waals surface area contributed by atoms with Crippen molar-refractivity contribution in [1.29, 1.82) is 0 Å². The number of carboxylic acids is 1. The summed E-state index contributed by atoms with van der Waals surface area (Å²) in [6.07, 6.45) is 7.81. The topological polar surface area (TPSA) is 40.5 Å². The largest absolute Gasteiger partial charge is 0.481 e. The number of hydrogen-bond donors (Lipinski definition) is 1. The highest BCUT2D eigenvalue weighted by molar-refractivity contribution is 5.66.